The maximum atomic E-state index is 13.2. The molecule has 2 N–H and O–H groups in total. The molecule has 8 heteroatoms. The van der Waals surface area contributed by atoms with E-state index in [0.29, 0.717) is 31.6 Å². The molecule has 0 bridgehead atoms. The number of aliphatic hydroxyl groups excluding tert-OH is 1. The third-order valence-electron chi connectivity index (χ3n) is 4.49. The van der Waals surface area contributed by atoms with Crippen LogP contribution in [-0.4, -0.2) is 43.5 Å². The number of likely N-dealkylation sites (tertiary alicyclic amines) is 1. The summed E-state index contributed by atoms with van der Waals surface area (Å²) in [5.74, 6) is -0.646. The number of sulfonamides is 1. The molecule has 0 saturated carbocycles. The Balaban J connectivity index is 1.62. The lowest BCUT2D eigenvalue weighted by Gasteiger charge is -2.29. The summed E-state index contributed by atoms with van der Waals surface area (Å²) >= 11 is 0. The van der Waals surface area contributed by atoms with E-state index in [9.17, 15) is 22.7 Å². The molecule has 1 amide bonds. The van der Waals surface area contributed by atoms with Gasteiger partial charge in [-0.15, -0.1) is 0 Å². The molecule has 1 aliphatic rings. The molecule has 1 aliphatic heterocycles. The summed E-state index contributed by atoms with van der Waals surface area (Å²) in [6.07, 6.45) is 1.06. The number of anilines is 1. The lowest BCUT2D eigenvalue weighted by atomic mass is 10.1. The SMILES string of the molecule is O=C(Cc1ccc(NS(=O)(=O)c2cccc(F)c2)cc1)N1CCC(O)CC1. The Bertz CT molecular complexity index is 908. The number of nitrogens with one attached hydrogen (secondary N) is 1. The minimum atomic E-state index is -3.88. The number of nitrogens with zero attached hydrogens (tertiary/aromatic N) is 1. The molecule has 2 aromatic carbocycles. The molecule has 0 aromatic heterocycles. The van der Waals surface area contributed by atoms with Gasteiger partial charge >= 0.3 is 0 Å². The van der Waals surface area contributed by atoms with E-state index in [2.05, 4.69) is 4.72 Å². The average Bonchev–Trinajstić information content (AvgIpc) is 2.63. The van der Waals surface area contributed by atoms with Crippen LogP contribution >= 0.6 is 0 Å². The van der Waals surface area contributed by atoms with Crippen LogP contribution in [0.25, 0.3) is 0 Å². The Morgan fingerprint density at radius 1 is 1.15 bits per heavy atom. The van der Waals surface area contributed by atoms with Crippen molar-refractivity contribution in [2.45, 2.75) is 30.3 Å². The van der Waals surface area contributed by atoms with Gasteiger partial charge in [0.1, 0.15) is 5.82 Å². The summed E-state index contributed by atoms with van der Waals surface area (Å²) < 4.78 is 40.2. The van der Waals surface area contributed by atoms with Crippen molar-refractivity contribution < 1.29 is 22.7 Å². The highest BCUT2D eigenvalue weighted by Crippen LogP contribution is 2.18. The highest BCUT2D eigenvalue weighted by atomic mass is 32.2. The van der Waals surface area contributed by atoms with Gasteiger partial charge in [0.05, 0.1) is 17.4 Å². The van der Waals surface area contributed by atoms with Crippen molar-refractivity contribution in [1.29, 1.82) is 0 Å². The Hall–Kier alpha value is -2.45. The molecule has 0 radical (unpaired) electrons. The molecule has 1 saturated heterocycles. The Morgan fingerprint density at radius 3 is 2.44 bits per heavy atom. The number of amides is 1. The number of benzene rings is 2. The van der Waals surface area contributed by atoms with Crippen molar-refractivity contribution in [3.8, 4) is 0 Å². The number of aliphatic hydroxyl groups is 1. The molecule has 1 heterocycles. The summed E-state index contributed by atoms with van der Waals surface area (Å²) in [6, 6.07) is 11.3. The first-order valence-corrected chi connectivity index (χ1v) is 10.1. The van der Waals surface area contributed by atoms with Gasteiger partial charge in [0.15, 0.2) is 0 Å². The molecule has 27 heavy (non-hydrogen) atoms. The normalized spacial score (nSPS) is 15.6. The molecule has 1 fully saturated rings. The molecule has 0 aliphatic carbocycles. The van der Waals surface area contributed by atoms with Crippen LogP contribution < -0.4 is 4.72 Å². The fraction of sp³-hybridized carbons (Fsp3) is 0.316. The first-order valence-electron chi connectivity index (χ1n) is 8.67. The number of carbonyl (C=O) groups excluding carboxylic acids is 1. The number of hydrogen-bond donors (Lipinski definition) is 2. The predicted octanol–water partition coefficient (Wildman–Crippen LogP) is 2.15. The second kappa shape index (κ2) is 8.06. The Labute approximate surface area is 157 Å². The average molecular weight is 392 g/mol. The maximum absolute atomic E-state index is 13.2. The highest BCUT2D eigenvalue weighted by Gasteiger charge is 2.21. The van der Waals surface area contributed by atoms with Crippen LogP contribution in [-0.2, 0) is 21.2 Å². The van der Waals surface area contributed by atoms with Crippen LogP contribution in [0.2, 0.25) is 0 Å². The first kappa shape index (κ1) is 19.3. The lowest BCUT2D eigenvalue weighted by molar-refractivity contribution is -0.132. The van der Waals surface area contributed by atoms with Gasteiger partial charge in [0.2, 0.25) is 5.91 Å². The zero-order chi connectivity index (χ0) is 19.4. The Morgan fingerprint density at radius 2 is 1.81 bits per heavy atom. The topological polar surface area (TPSA) is 86.7 Å². The van der Waals surface area contributed by atoms with Crippen LogP contribution in [0.1, 0.15) is 18.4 Å². The van der Waals surface area contributed by atoms with E-state index < -0.39 is 15.8 Å². The fourth-order valence-corrected chi connectivity index (χ4v) is 4.03. The third-order valence-corrected chi connectivity index (χ3v) is 5.86. The van der Waals surface area contributed by atoms with Gasteiger partial charge in [-0.05, 0) is 48.7 Å². The standard InChI is InChI=1S/C19H21FN2O4S/c20-15-2-1-3-18(13-15)27(25,26)21-16-6-4-14(5-7-16)12-19(24)22-10-8-17(23)9-11-22/h1-7,13,17,21,23H,8-12H2. The van der Waals surface area contributed by atoms with Crippen molar-refractivity contribution in [1.82, 2.24) is 4.90 Å². The van der Waals surface area contributed by atoms with Gasteiger partial charge in [-0.25, -0.2) is 12.8 Å². The molecule has 6 nitrogen and oxygen atoms in total. The zero-order valence-corrected chi connectivity index (χ0v) is 15.5. The predicted molar refractivity (Wildman–Crippen MR) is 99.2 cm³/mol. The van der Waals surface area contributed by atoms with E-state index >= 15 is 0 Å². The van der Waals surface area contributed by atoms with Gasteiger partial charge < -0.3 is 10.0 Å². The van der Waals surface area contributed by atoms with E-state index in [4.69, 9.17) is 0 Å². The number of carbonyl (C=O) groups is 1. The minimum absolute atomic E-state index is 0.0185. The molecule has 144 valence electrons. The summed E-state index contributed by atoms with van der Waals surface area (Å²) in [4.78, 5) is 13.9. The summed E-state index contributed by atoms with van der Waals surface area (Å²) in [7, 11) is -3.88. The quantitative estimate of drug-likeness (QED) is 0.816. The molecule has 2 aromatic rings. The van der Waals surface area contributed by atoms with Crippen LogP contribution in [0.4, 0.5) is 10.1 Å². The smallest absolute Gasteiger partial charge is 0.261 e. The summed E-state index contributed by atoms with van der Waals surface area (Å²) in [5.41, 5.74) is 1.09. The molecular formula is C19H21FN2O4S. The molecule has 0 atom stereocenters. The fourth-order valence-electron chi connectivity index (χ4n) is 2.94. The largest absolute Gasteiger partial charge is 0.393 e. The minimum Gasteiger partial charge on any atom is -0.393 e. The molecular weight excluding hydrogens is 371 g/mol. The number of rotatable bonds is 5. The van der Waals surface area contributed by atoms with Gasteiger partial charge in [-0.2, -0.15) is 0 Å². The second-order valence-electron chi connectivity index (χ2n) is 6.55. The number of piperidine rings is 1. The van der Waals surface area contributed by atoms with Crippen molar-refractivity contribution in [2.24, 2.45) is 0 Å². The van der Waals surface area contributed by atoms with Crippen molar-refractivity contribution in [3.63, 3.8) is 0 Å². The van der Waals surface area contributed by atoms with Crippen LogP contribution in [0.15, 0.2) is 53.4 Å². The lowest BCUT2D eigenvalue weighted by Crippen LogP contribution is -2.40. The summed E-state index contributed by atoms with van der Waals surface area (Å²) in [6.45, 7) is 1.09. The molecule has 3 rings (SSSR count). The van der Waals surface area contributed by atoms with Crippen LogP contribution in [0.5, 0.6) is 0 Å². The van der Waals surface area contributed by atoms with E-state index in [-0.39, 0.29) is 23.3 Å². The summed E-state index contributed by atoms with van der Waals surface area (Å²) in [5, 5.41) is 9.50. The van der Waals surface area contributed by atoms with Crippen molar-refractivity contribution in [2.75, 3.05) is 17.8 Å². The van der Waals surface area contributed by atoms with Crippen molar-refractivity contribution >= 4 is 21.6 Å². The molecule has 0 spiro atoms. The highest BCUT2D eigenvalue weighted by molar-refractivity contribution is 7.92. The van der Waals surface area contributed by atoms with Gasteiger partial charge in [0, 0.05) is 18.8 Å². The van der Waals surface area contributed by atoms with E-state index in [1.54, 1.807) is 29.2 Å². The van der Waals surface area contributed by atoms with Crippen LogP contribution in [0.3, 0.4) is 0 Å². The van der Waals surface area contributed by atoms with Gasteiger partial charge in [-0.1, -0.05) is 18.2 Å². The monoisotopic (exact) mass is 392 g/mol. The number of hydrogen-bond acceptors (Lipinski definition) is 4. The third kappa shape index (κ3) is 5.05. The van der Waals surface area contributed by atoms with E-state index in [1.165, 1.54) is 18.2 Å². The zero-order valence-electron chi connectivity index (χ0n) is 14.6. The maximum Gasteiger partial charge on any atom is 0.261 e. The Kier molecular flexibility index (Phi) is 5.76. The van der Waals surface area contributed by atoms with E-state index in [1.807, 2.05) is 0 Å². The first-order chi connectivity index (χ1) is 12.8. The van der Waals surface area contributed by atoms with Gasteiger partial charge in [0.25, 0.3) is 10.0 Å². The van der Waals surface area contributed by atoms with Gasteiger partial charge in [-0.3, -0.25) is 9.52 Å². The van der Waals surface area contributed by atoms with E-state index in [0.717, 1.165) is 11.6 Å². The van der Waals surface area contributed by atoms with Crippen LogP contribution in [0, 0.1) is 5.82 Å². The second-order valence-corrected chi connectivity index (χ2v) is 8.23. The molecule has 0 unspecified atom stereocenters. The number of halogens is 1. The van der Waals surface area contributed by atoms with Crippen molar-refractivity contribution in [3.05, 3.63) is 59.9 Å².